The van der Waals surface area contributed by atoms with Gasteiger partial charge in [-0.15, -0.1) is 0 Å². The molecule has 0 saturated carbocycles. The summed E-state index contributed by atoms with van der Waals surface area (Å²) in [5.41, 5.74) is 0. The summed E-state index contributed by atoms with van der Waals surface area (Å²) in [5, 5.41) is 0. The molecular formula is C6H10O2. The summed E-state index contributed by atoms with van der Waals surface area (Å²) in [6.07, 6.45) is 1.91. The lowest BCUT2D eigenvalue weighted by atomic mass is 10.1. The zero-order chi connectivity index (χ0) is 5.98. The van der Waals surface area contributed by atoms with Crippen LogP contribution in [0.4, 0.5) is 0 Å². The first-order chi connectivity index (χ1) is 3.79. The largest absolute Gasteiger partial charge is 0.371 e. The highest BCUT2D eigenvalue weighted by atomic mass is 16.5. The number of hydrogen-bond acceptors (Lipinski definition) is 2. The molecule has 0 unspecified atom stereocenters. The second-order valence-corrected chi connectivity index (χ2v) is 2.20. The molecule has 1 saturated heterocycles. The fourth-order valence-corrected chi connectivity index (χ4v) is 0.755. The van der Waals surface area contributed by atoms with E-state index in [1.165, 1.54) is 0 Å². The lowest BCUT2D eigenvalue weighted by molar-refractivity contribution is -0.130. The maximum atomic E-state index is 10.5. The molecule has 46 valence electrons. The average Bonchev–Trinajstić information content (AvgIpc) is 1.77. The van der Waals surface area contributed by atoms with Crippen molar-refractivity contribution in [2.45, 2.75) is 25.9 Å². The molecule has 0 radical (unpaired) electrons. The van der Waals surface area contributed by atoms with Crippen LogP contribution in [0.15, 0.2) is 0 Å². The Balaban J connectivity index is 2.29. The third-order valence-corrected chi connectivity index (χ3v) is 1.36. The Morgan fingerprint density at radius 3 is 2.88 bits per heavy atom. The van der Waals surface area contributed by atoms with Gasteiger partial charge in [0.05, 0.1) is 6.10 Å². The Hall–Kier alpha value is -0.370. The number of hydrogen-bond donors (Lipinski definition) is 0. The molecule has 1 aliphatic rings. The van der Waals surface area contributed by atoms with Crippen molar-refractivity contribution in [2.75, 3.05) is 6.61 Å². The van der Waals surface area contributed by atoms with Crippen molar-refractivity contribution in [3.05, 3.63) is 0 Å². The monoisotopic (exact) mass is 114 g/mol. The second kappa shape index (κ2) is 2.27. The van der Waals surface area contributed by atoms with Crippen molar-refractivity contribution in [3.8, 4) is 0 Å². The first kappa shape index (κ1) is 5.76. The molecule has 8 heavy (non-hydrogen) atoms. The van der Waals surface area contributed by atoms with Crippen LogP contribution in [-0.2, 0) is 9.53 Å². The fourth-order valence-electron chi connectivity index (χ4n) is 0.755. The molecular weight excluding hydrogens is 104 g/mol. The van der Waals surface area contributed by atoms with Crippen molar-refractivity contribution in [2.24, 2.45) is 0 Å². The molecule has 1 fully saturated rings. The van der Waals surface area contributed by atoms with E-state index in [0.717, 1.165) is 6.42 Å². The van der Waals surface area contributed by atoms with Crippen LogP contribution >= 0.6 is 0 Å². The molecule has 0 aromatic heterocycles. The van der Waals surface area contributed by atoms with Crippen molar-refractivity contribution < 1.29 is 9.53 Å². The standard InChI is InChI=1S/C6H10O2/c1-5-2-3-6(7)4-8-5/h5H,2-4H2,1H3/t5-/m1/s1. The van der Waals surface area contributed by atoms with Crippen molar-refractivity contribution in [1.29, 1.82) is 0 Å². The van der Waals surface area contributed by atoms with E-state index in [1.54, 1.807) is 0 Å². The van der Waals surface area contributed by atoms with Crippen LogP contribution in [0.1, 0.15) is 19.8 Å². The predicted octanol–water partition coefficient (Wildman–Crippen LogP) is 0.754. The summed E-state index contributed by atoms with van der Waals surface area (Å²) < 4.78 is 5.04. The van der Waals surface area contributed by atoms with Gasteiger partial charge >= 0.3 is 0 Å². The van der Waals surface area contributed by atoms with Crippen LogP contribution in [0.2, 0.25) is 0 Å². The molecule has 1 heterocycles. The highest BCUT2D eigenvalue weighted by Crippen LogP contribution is 2.07. The van der Waals surface area contributed by atoms with E-state index >= 15 is 0 Å². The van der Waals surface area contributed by atoms with Gasteiger partial charge in [-0.25, -0.2) is 0 Å². The highest BCUT2D eigenvalue weighted by Gasteiger charge is 2.13. The number of carbonyl (C=O) groups excluding carboxylic acids is 1. The number of carbonyl (C=O) groups is 1. The topological polar surface area (TPSA) is 26.3 Å². The van der Waals surface area contributed by atoms with Crippen LogP contribution in [0.5, 0.6) is 0 Å². The van der Waals surface area contributed by atoms with Gasteiger partial charge < -0.3 is 4.74 Å². The van der Waals surface area contributed by atoms with Gasteiger partial charge in [0.2, 0.25) is 0 Å². The van der Waals surface area contributed by atoms with E-state index in [9.17, 15) is 4.79 Å². The van der Waals surface area contributed by atoms with Crippen LogP contribution < -0.4 is 0 Å². The molecule has 0 spiro atoms. The van der Waals surface area contributed by atoms with Gasteiger partial charge in [0.1, 0.15) is 6.61 Å². The number of ketones is 1. The molecule has 1 atom stereocenters. The van der Waals surface area contributed by atoms with Gasteiger partial charge in [-0.1, -0.05) is 0 Å². The summed E-state index contributed by atoms with van der Waals surface area (Å²) >= 11 is 0. The average molecular weight is 114 g/mol. The lowest BCUT2D eigenvalue weighted by Gasteiger charge is -2.16. The van der Waals surface area contributed by atoms with Crippen molar-refractivity contribution in [1.82, 2.24) is 0 Å². The van der Waals surface area contributed by atoms with Crippen molar-refractivity contribution in [3.63, 3.8) is 0 Å². The predicted molar refractivity (Wildman–Crippen MR) is 29.7 cm³/mol. The van der Waals surface area contributed by atoms with Crippen LogP contribution in [0, 0.1) is 0 Å². The normalized spacial score (nSPS) is 30.6. The minimum Gasteiger partial charge on any atom is -0.371 e. The van der Waals surface area contributed by atoms with Gasteiger partial charge in [-0.3, -0.25) is 4.79 Å². The maximum Gasteiger partial charge on any atom is 0.158 e. The molecule has 1 rings (SSSR count). The Kier molecular flexibility index (Phi) is 1.63. The van der Waals surface area contributed by atoms with E-state index in [-0.39, 0.29) is 5.78 Å². The number of Topliss-reactive ketones (excluding diaryl/α,β-unsaturated/α-hetero) is 1. The smallest absolute Gasteiger partial charge is 0.158 e. The zero-order valence-electron chi connectivity index (χ0n) is 5.02. The molecule has 2 nitrogen and oxygen atoms in total. The van der Waals surface area contributed by atoms with E-state index in [2.05, 4.69) is 0 Å². The van der Waals surface area contributed by atoms with E-state index in [4.69, 9.17) is 4.74 Å². The number of ether oxygens (including phenoxy) is 1. The summed E-state index contributed by atoms with van der Waals surface area (Å²) in [7, 11) is 0. The van der Waals surface area contributed by atoms with E-state index in [0.29, 0.717) is 19.1 Å². The molecule has 0 aromatic rings. The SMILES string of the molecule is C[C@@H]1CCC(=O)CO1. The zero-order valence-corrected chi connectivity index (χ0v) is 5.02. The first-order valence-electron chi connectivity index (χ1n) is 2.92. The Morgan fingerprint density at radius 1 is 1.75 bits per heavy atom. The summed E-state index contributed by atoms with van der Waals surface area (Å²) in [4.78, 5) is 10.5. The lowest BCUT2D eigenvalue weighted by Crippen LogP contribution is -2.22. The summed E-state index contributed by atoms with van der Waals surface area (Å²) in [6.45, 7) is 2.33. The third kappa shape index (κ3) is 1.30. The third-order valence-electron chi connectivity index (χ3n) is 1.36. The Labute approximate surface area is 48.8 Å². The van der Waals surface area contributed by atoms with E-state index < -0.39 is 0 Å². The molecule has 1 aliphatic heterocycles. The fraction of sp³-hybridized carbons (Fsp3) is 0.833. The molecule has 0 N–H and O–H groups in total. The second-order valence-electron chi connectivity index (χ2n) is 2.20. The van der Waals surface area contributed by atoms with Gasteiger partial charge in [-0.05, 0) is 13.3 Å². The first-order valence-corrected chi connectivity index (χ1v) is 2.92. The Bertz CT molecular complexity index is 88.7. The highest BCUT2D eigenvalue weighted by molar-refractivity contribution is 5.80. The van der Waals surface area contributed by atoms with Gasteiger partial charge in [0.15, 0.2) is 5.78 Å². The van der Waals surface area contributed by atoms with E-state index in [1.807, 2.05) is 6.92 Å². The molecule has 2 heteroatoms. The quantitative estimate of drug-likeness (QED) is 0.464. The Morgan fingerprint density at radius 2 is 2.50 bits per heavy atom. The minimum atomic E-state index is 0.239. The van der Waals surface area contributed by atoms with Gasteiger partial charge in [0, 0.05) is 6.42 Å². The van der Waals surface area contributed by atoms with Crippen LogP contribution in [-0.4, -0.2) is 18.5 Å². The van der Waals surface area contributed by atoms with Crippen LogP contribution in [0.3, 0.4) is 0 Å². The van der Waals surface area contributed by atoms with Gasteiger partial charge in [-0.2, -0.15) is 0 Å². The molecule has 0 aliphatic carbocycles. The molecule has 0 aromatic carbocycles. The summed E-state index contributed by atoms with van der Waals surface area (Å²) in [6, 6.07) is 0. The summed E-state index contributed by atoms with van der Waals surface area (Å²) in [5.74, 6) is 0.239. The minimum absolute atomic E-state index is 0.239. The molecule has 0 bridgehead atoms. The molecule has 0 amide bonds. The van der Waals surface area contributed by atoms with Crippen LogP contribution in [0.25, 0.3) is 0 Å². The maximum absolute atomic E-state index is 10.5. The number of rotatable bonds is 0. The van der Waals surface area contributed by atoms with Gasteiger partial charge in [0.25, 0.3) is 0 Å². The van der Waals surface area contributed by atoms with Crippen molar-refractivity contribution >= 4 is 5.78 Å².